The van der Waals surface area contributed by atoms with Crippen LogP contribution in [0.25, 0.3) is 0 Å². The Hall–Kier alpha value is 0.651. The molecule has 0 unspecified atom stereocenters. The van der Waals surface area contributed by atoms with E-state index < -0.39 is 0 Å². The predicted octanol–water partition coefficient (Wildman–Crippen LogP) is 4.51. The molecule has 0 spiro atoms. The lowest BCUT2D eigenvalue weighted by Crippen LogP contribution is -2.25. The summed E-state index contributed by atoms with van der Waals surface area (Å²) >= 11 is 0. The Bertz CT molecular complexity index is 116. The van der Waals surface area contributed by atoms with Crippen molar-refractivity contribution in [2.75, 3.05) is 0 Å². The van der Waals surface area contributed by atoms with Gasteiger partial charge in [0, 0.05) is 25.9 Å². The molecule has 3 heteroatoms. The molecule has 5 radical (unpaired) electrons. The van der Waals surface area contributed by atoms with Crippen molar-refractivity contribution < 1.29 is 0 Å². The summed E-state index contributed by atoms with van der Waals surface area (Å²) in [5, 5.41) is 0. The molecule has 0 aromatic rings. The fourth-order valence-electron chi connectivity index (χ4n) is 1.96. The minimum atomic E-state index is 0.0836. The minimum Gasteiger partial charge on any atom is -0.0761 e. The van der Waals surface area contributed by atoms with E-state index in [1.54, 1.807) is 12.1 Å². The van der Waals surface area contributed by atoms with Crippen molar-refractivity contribution in [3.63, 3.8) is 0 Å². The molecule has 0 amide bonds. The Morgan fingerprint density at radius 1 is 0.750 bits per heavy atom. The van der Waals surface area contributed by atoms with Crippen LogP contribution in [0.3, 0.4) is 0 Å². The first kappa shape index (κ1) is 16.7. The van der Waals surface area contributed by atoms with Crippen LogP contribution in [-0.4, -0.2) is 25.9 Å². The van der Waals surface area contributed by atoms with Crippen LogP contribution in [0.1, 0.15) is 65.2 Å². The highest BCUT2D eigenvalue weighted by molar-refractivity contribution is 7.35. The maximum Gasteiger partial charge on any atom is 0.0306 e. The summed E-state index contributed by atoms with van der Waals surface area (Å²) < 4.78 is 0. The quantitative estimate of drug-likeness (QED) is 0.361. The van der Waals surface area contributed by atoms with E-state index in [2.05, 4.69) is 20.4 Å². The van der Waals surface area contributed by atoms with Gasteiger partial charge in [-0.2, -0.15) is 0 Å². The molecule has 93 valence electrons. The van der Waals surface area contributed by atoms with Crippen LogP contribution in [0.4, 0.5) is 0 Å². The van der Waals surface area contributed by atoms with Crippen molar-refractivity contribution in [1.29, 1.82) is 0 Å². The molecule has 16 heavy (non-hydrogen) atoms. The van der Waals surface area contributed by atoms with Crippen LogP contribution >= 0.6 is 0 Å². The predicted molar refractivity (Wildman–Crippen MR) is 81.0 cm³/mol. The molecule has 0 saturated heterocycles. The molecule has 0 aliphatic heterocycles. The first-order valence-electron chi connectivity index (χ1n) is 7.12. The lowest BCUT2D eigenvalue weighted by atomic mass is 10.2. The van der Waals surface area contributed by atoms with Crippen molar-refractivity contribution in [3.8, 4) is 0 Å². The van der Waals surface area contributed by atoms with E-state index in [4.69, 9.17) is 0 Å². The summed E-state index contributed by atoms with van der Waals surface area (Å²) in [5.41, 5.74) is 0. The molecule has 0 aromatic heterocycles. The first-order valence-corrected chi connectivity index (χ1v) is 13.5. The molecule has 0 bridgehead atoms. The SMILES string of the molecule is CCCCCC[Si](CCCCCC)[Si][Si]C. The van der Waals surface area contributed by atoms with E-state index in [0.717, 1.165) is 0 Å². The number of rotatable bonds is 12. The molecule has 0 aliphatic rings. The lowest BCUT2D eigenvalue weighted by Gasteiger charge is -2.13. The van der Waals surface area contributed by atoms with E-state index in [1.807, 2.05) is 0 Å². The molecule has 0 N–H and O–H groups in total. The first-order chi connectivity index (χ1) is 7.85. The summed E-state index contributed by atoms with van der Waals surface area (Å²) in [6.45, 7) is 7.03. The molecule has 0 aliphatic carbocycles. The smallest absolute Gasteiger partial charge is 0.0306 e. The third-order valence-corrected chi connectivity index (χ3v) is 14.2. The summed E-state index contributed by atoms with van der Waals surface area (Å²) in [4.78, 5) is 0. The number of unbranched alkanes of at least 4 members (excludes halogenated alkanes) is 6. The molecular formula is C13H29Si3. The zero-order chi connectivity index (χ0) is 12.1. The van der Waals surface area contributed by atoms with Gasteiger partial charge in [-0.3, -0.25) is 0 Å². The van der Waals surface area contributed by atoms with Gasteiger partial charge in [0.25, 0.3) is 0 Å². The molecule has 0 saturated carbocycles. The Labute approximate surface area is 110 Å². The van der Waals surface area contributed by atoms with Gasteiger partial charge in [0.2, 0.25) is 0 Å². The van der Waals surface area contributed by atoms with Gasteiger partial charge in [-0.1, -0.05) is 83.8 Å². The van der Waals surface area contributed by atoms with Gasteiger partial charge < -0.3 is 0 Å². The molecule has 0 aromatic carbocycles. The summed E-state index contributed by atoms with van der Waals surface area (Å²) in [6.07, 6.45) is 11.8. The molecular weight excluding hydrogens is 240 g/mol. The largest absolute Gasteiger partial charge is 0.0761 e. The van der Waals surface area contributed by atoms with Crippen LogP contribution in [0.2, 0.25) is 18.6 Å². The van der Waals surface area contributed by atoms with Crippen molar-refractivity contribution in [2.45, 2.75) is 83.8 Å². The highest BCUT2D eigenvalue weighted by Gasteiger charge is 2.09. The highest BCUT2D eigenvalue weighted by atomic mass is 29.5. The van der Waals surface area contributed by atoms with Crippen molar-refractivity contribution in [1.82, 2.24) is 0 Å². The van der Waals surface area contributed by atoms with Gasteiger partial charge in [0.15, 0.2) is 0 Å². The van der Waals surface area contributed by atoms with Crippen LogP contribution in [-0.2, 0) is 0 Å². The van der Waals surface area contributed by atoms with Crippen LogP contribution < -0.4 is 0 Å². The van der Waals surface area contributed by atoms with Gasteiger partial charge in [-0.25, -0.2) is 0 Å². The van der Waals surface area contributed by atoms with Gasteiger partial charge in [0.05, 0.1) is 0 Å². The second-order valence-electron chi connectivity index (χ2n) is 4.60. The lowest BCUT2D eigenvalue weighted by molar-refractivity contribution is 0.688. The summed E-state index contributed by atoms with van der Waals surface area (Å²) in [7, 11) is 2.68. The van der Waals surface area contributed by atoms with Gasteiger partial charge >= 0.3 is 0 Å². The van der Waals surface area contributed by atoms with Gasteiger partial charge in [-0.05, 0) is 0 Å². The normalized spacial score (nSPS) is 11.2. The third kappa shape index (κ3) is 11.1. The zero-order valence-electron chi connectivity index (χ0n) is 11.6. The minimum absolute atomic E-state index is 0.0836. The molecule has 0 heterocycles. The molecule has 0 atom stereocenters. The van der Waals surface area contributed by atoms with E-state index in [0.29, 0.717) is 0 Å². The maximum absolute atomic E-state index is 2.40. The number of hydrogen-bond donors (Lipinski definition) is 0. The van der Waals surface area contributed by atoms with Crippen LogP contribution in [0.5, 0.6) is 0 Å². The second kappa shape index (κ2) is 13.7. The van der Waals surface area contributed by atoms with E-state index in [9.17, 15) is 0 Å². The number of hydrogen-bond acceptors (Lipinski definition) is 0. The zero-order valence-corrected chi connectivity index (χ0v) is 14.6. The fourth-order valence-corrected chi connectivity index (χ4v) is 12.5. The monoisotopic (exact) mass is 269 g/mol. The molecule has 0 nitrogen and oxygen atoms in total. The average molecular weight is 270 g/mol. The van der Waals surface area contributed by atoms with Crippen molar-refractivity contribution >= 4 is 25.9 Å². The standard InChI is InChI=1S/C13H29Si3/c1-4-6-8-10-12-16(15-14-3)13-11-9-7-5-2/h4-13H2,1-3H3. The average Bonchev–Trinajstić information content (AvgIpc) is 2.30. The van der Waals surface area contributed by atoms with Crippen molar-refractivity contribution in [2.24, 2.45) is 0 Å². The molecule has 0 fully saturated rings. The van der Waals surface area contributed by atoms with Gasteiger partial charge in [-0.15, -0.1) is 0 Å². The summed E-state index contributed by atoms with van der Waals surface area (Å²) in [6, 6.07) is 3.24. The van der Waals surface area contributed by atoms with Crippen LogP contribution in [0, 0.1) is 0 Å². The fraction of sp³-hybridized carbons (Fsp3) is 1.00. The Balaban J connectivity index is 3.45. The Kier molecular flexibility index (Phi) is 14.3. The van der Waals surface area contributed by atoms with E-state index >= 15 is 0 Å². The van der Waals surface area contributed by atoms with Gasteiger partial charge in [0.1, 0.15) is 0 Å². The highest BCUT2D eigenvalue weighted by Crippen LogP contribution is 2.12. The maximum atomic E-state index is 2.40. The van der Waals surface area contributed by atoms with E-state index in [1.165, 1.54) is 69.0 Å². The Morgan fingerprint density at radius 3 is 1.62 bits per heavy atom. The second-order valence-corrected chi connectivity index (χ2v) is 14.2. The molecule has 0 rings (SSSR count). The van der Waals surface area contributed by atoms with E-state index in [-0.39, 0.29) is 8.31 Å². The Morgan fingerprint density at radius 2 is 1.25 bits per heavy atom. The third-order valence-electron chi connectivity index (χ3n) is 2.97. The topological polar surface area (TPSA) is 0 Å². The summed E-state index contributed by atoms with van der Waals surface area (Å²) in [5.74, 6) is 0. The van der Waals surface area contributed by atoms with Crippen molar-refractivity contribution in [3.05, 3.63) is 0 Å². The van der Waals surface area contributed by atoms with Crippen LogP contribution in [0.15, 0.2) is 0 Å².